The molecule has 0 aromatic carbocycles. The third-order valence-corrected chi connectivity index (χ3v) is 3.71. The molecule has 80 valence electrons. The zero-order valence-electron chi connectivity index (χ0n) is 8.66. The van der Waals surface area contributed by atoms with Crippen molar-refractivity contribution < 1.29 is 9.53 Å². The molecule has 2 aliphatic rings. The summed E-state index contributed by atoms with van der Waals surface area (Å²) in [6, 6.07) is 0. The Morgan fingerprint density at radius 2 is 2.00 bits per heavy atom. The van der Waals surface area contributed by atoms with Crippen molar-refractivity contribution in [3.63, 3.8) is 0 Å². The van der Waals surface area contributed by atoms with Crippen molar-refractivity contribution in [2.24, 2.45) is 17.1 Å². The monoisotopic (exact) mass is 198 g/mol. The van der Waals surface area contributed by atoms with E-state index in [0.29, 0.717) is 19.1 Å². The smallest absolute Gasteiger partial charge is 0.228 e. The van der Waals surface area contributed by atoms with Gasteiger partial charge in [-0.3, -0.25) is 4.79 Å². The molecule has 0 aromatic rings. The van der Waals surface area contributed by atoms with Gasteiger partial charge < -0.3 is 15.4 Å². The third-order valence-electron chi connectivity index (χ3n) is 3.71. The van der Waals surface area contributed by atoms with Crippen LogP contribution in [0, 0.1) is 11.3 Å². The number of hydrogen-bond acceptors (Lipinski definition) is 3. The minimum atomic E-state index is -0.332. The lowest BCUT2D eigenvalue weighted by Gasteiger charge is -2.47. The van der Waals surface area contributed by atoms with Crippen LogP contribution in [0.5, 0.6) is 0 Å². The number of carbonyl (C=O) groups excluding carboxylic acids is 1. The number of ether oxygens (including phenoxy) is 1. The van der Waals surface area contributed by atoms with Gasteiger partial charge in [-0.2, -0.15) is 0 Å². The lowest BCUT2D eigenvalue weighted by molar-refractivity contribution is -0.175. The molecule has 0 spiro atoms. The number of primary amides is 1. The number of piperidine rings is 1. The lowest BCUT2D eigenvalue weighted by Crippen LogP contribution is -2.58. The largest absolute Gasteiger partial charge is 0.379 e. The van der Waals surface area contributed by atoms with Gasteiger partial charge in [0.15, 0.2) is 0 Å². The van der Waals surface area contributed by atoms with E-state index >= 15 is 0 Å². The molecule has 0 atom stereocenters. The molecule has 4 heteroatoms. The molecule has 2 aliphatic heterocycles. The highest BCUT2D eigenvalue weighted by atomic mass is 16.5. The van der Waals surface area contributed by atoms with Gasteiger partial charge in [0.1, 0.15) is 0 Å². The predicted octanol–water partition coefficient (Wildman–Crippen LogP) is -0.170. The van der Waals surface area contributed by atoms with Crippen molar-refractivity contribution in [3.8, 4) is 0 Å². The minimum Gasteiger partial charge on any atom is -0.379 e. The maximum atomic E-state index is 11.4. The molecule has 0 aliphatic carbocycles. The standard InChI is InChI=1S/C10H18N2O2/c1-12-4-2-8(3-5-12)10(9(11)13)6-14-7-10/h8H,2-7H2,1H3,(H2,11,13). The number of amides is 1. The number of hydrogen-bond donors (Lipinski definition) is 1. The van der Waals surface area contributed by atoms with Crippen LogP contribution >= 0.6 is 0 Å². The Hall–Kier alpha value is -0.610. The first kappa shape index (κ1) is 9.93. The molecule has 0 unspecified atom stereocenters. The quantitative estimate of drug-likeness (QED) is 0.670. The molecule has 2 N–H and O–H groups in total. The summed E-state index contributed by atoms with van der Waals surface area (Å²) in [7, 11) is 2.12. The number of nitrogens with two attached hydrogens (primary N) is 1. The number of nitrogens with zero attached hydrogens (tertiary/aromatic N) is 1. The summed E-state index contributed by atoms with van der Waals surface area (Å²) in [5.74, 6) is 0.267. The van der Waals surface area contributed by atoms with E-state index in [2.05, 4.69) is 11.9 Å². The van der Waals surface area contributed by atoms with Gasteiger partial charge >= 0.3 is 0 Å². The van der Waals surface area contributed by atoms with Crippen LogP contribution in [-0.4, -0.2) is 44.2 Å². The summed E-state index contributed by atoms with van der Waals surface area (Å²) >= 11 is 0. The number of rotatable bonds is 2. The van der Waals surface area contributed by atoms with Gasteiger partial charge in [0.25, 0.3) is 0 Å². The Labute approximate surface area is 84.4 Å². The number of carbonyl (C=O) groups is 1. The van der Waals surface area contributed by atoms with E-state index < -0.39 is 0 Å². The highest BCUT2D eigenvalue weighted by molar-refractivity contribution is 5.82. The molecule has 2 rings (SSSR count). The summed E-state index contributed by atoms with van der Waals surface area (Å²) < 4.78 is 5.17. The maximum Gasteiger partial charge on any atom is 0.228 e. The van der Waals surface area contributed by atoms with Crippen molar-refractivity contribution in [2.45, 2.75) is 12.8 Å². The zero-order chi connectivity index (χ0) is 10.2. The molecule has 2 saturated heterocycles. The van der Waals surface area contributed by atoms with E-state index in [4.69, 9.17) is 10.5 Å². The molecular formula is C10H18N2O2. The first-order valence-electron chi connectivity index (χ1n) is 5.21. The second-order valence-corrected chi connectivity index (χ2v) is 4.59. The second kappa shape index (κ2) is 3.51. The fourth-order valence-corrected chi connectivity index (χ4v) is 2.46. The van der Waals surface area contributed by atoms with Crippen LogP contribution in [-0.2, 0) is 9.53 Å². The van der Waals surface area contributed by atoms with E-state index in [1.807, 2.05) is 0 Å². The Morgan fingerprint density at radius 1 is 1.43 bits per heavy atom. The van der Waals surface area contributed by atoms with Gasteiger partial charge in [0, 0.05) is 0 Å². The first-order chi connectivity index (χ1) is 6.65. The van der Waals surface area contributed by atoms with Gasteiger partial charge in [-0.05, 0) is 38.9 Å². The van der Waals surface area contributed by atoms with E-state index in [-0.39, 0.29) is 11.3 Å². The molecule has 4 nitrogen and oxygen atoms in total. The maximum absolute atomic E-state index is 11.4. The van der Waals surface area contributed by atoms with Gasteiger partial charge in [0.05, 0.1) is 18.6 Å². The Bertz CT molecular complexity index is 230. The lowest BCUT2D eigenvalue weighted by atomic mass is 9.69. The van der Waals surface area contributed by atoms with Crippen molar-refractivity contribution in [2.75, 3.05) is 33.4 Å². The van der Waals surface area contributed by atoms with Gasteiger partial charge in [-0.25, -0.2) is 0 Å². The Kier molecular flexibility index (Phi) is 2.49. The molecular weight excluding hydrogens is 180 g/mol. The Balaban J connectivity index is 2.02. The molecule has 0 saturated carbocycles. The van der Waals surface area contributed by atoms with Gasteiger partial charge in [-0.15, -0.1) is 0 Å². The minimum absolute atomic E-state index is 0.168. The second-order valence-electron chi connectivity index (χ2n) is 4.59. The van der Waals surface area contributed by atoms with Crippen LogP contribution in [0.25, 0.3) is 0 Å². The van der Waals surface area contributed by atoms with Crippen molar-refractivity contribution in [1.82, 2.24) is 4.90 Å². The molecule has 0 aromatic heterocycles. The van der Waals surface area contributed by atoms with Crippen molar-refractivity contribution in [3.05, 3.63) is 0 Å². The molecule has 2 fully saturated rings. The number of likely N-dealkylation sites (tertiary alicyclic amines) is 1. The van der Waals surface area contributed by atoms with Crippen molar-refractivity contribution in [1.29, 1.82) is 0 Å². The van der Waals surface area contributed by atoms with E-state index in [9.17, 15) is 4.79 Å². The molecule has 0 bridgehead atoms. The summed E-state index contributed by atoms with van der Waals surface area (Å²) in [6.45, 7) is 3.22. The normalized spacial score (nSPS) is 28.4. The van der Waals surface area contributed by atoms with Gasteiger partial charge in [0.2, 0.25) is 5.91 Å². The van der Waals surface area contributed by atoms with Crippen LogP contribution in [0.1, 0.15) is 12.8 Å². The zero-order valence-corrected chi connectivity index (χ0v) is 8.66. The third kappa shape index (κ3) is 1.42. The predicted molar refractivity (Wildman–Crippen MR) is 52.7 cm³/mol. The van der Waals surface area contributed by atoms with E-state index in [0.717, 1.165) is 25.9 Å². The molecule has 0 radical (unpaired) electrons. The topological polar surface area (TPSA) is 55.6 Å². The van der Waals surface area contributed by atoms with Crippen LogP contribution < -0.4 is 5.73 Å². The SMILES string of the molecule is CN1CCC(C2(C(N)=O)COC2)CC1. The highest BCUT2D eigenvalue weighted by Gasteiger charge is 2.50. The fraction of sp³-hybridized carbons (Fsp3) is 0.900. The summed E-state index contributed by atoms with van der Waals surface area (Å²) in [5.41, 5.74) is 5.13. The summed E-state index contributed by atoms with van der Waals surface area (Å²) in [4.78, 5) is 13.7. The van der Waals surface area contributed by atoms with Crippen LogP contribution in [0.4, 0.5) is 0 Å². The van der Waals surface area contributed by atoms with Crippen LogP contribution in [0.2, 0.25) is 0 Å². The van der Waals surface area contributed by atoms with Crippen LogP contribution in [0.3, 0.4) is 0 Å². The molecule has 2 heterocycles. The average molecular weight is 198 g/mol. The van der Waals surface area contributed by atoms with Crippen molar-refractivity contribution >= 4 is 5.91 Å². The Morgan fingerprint density at radius 3 is 2.36 bits per heavy atom. The summed E-state index contributed by atoms with van der Waals surface area (Å²) in [5, 5.41) is 0. The molecule has 14 heavy (non-hydrogen) atoms. The van der Waals surface area contributed by atoms with E-state index in [1.165, 1.54) is 0 Å². The highest BCUT2D eigenvalue weighted by Crippen LogP contribution is 2.41. The van der Waals surface area contributed by atoms with E-state index in [1.54, 1.807) is 0 Å². The average Bonchev–Trinajstić information content (AvgIpc) is 2.05. The van der Waals surface area contributed by atoms with Gasteiger partial charge in [-0.1, -0.05) is 0 Å². The first-order valence-corrected chi connectivity index (χ1v) is 5.21. The van der Waals surface area contributed by atoms with Crippen LogP contribution in [0.15, 0.2) is 0 Å². The molecule has 1 amide bonds. The fourth-order valence-electron chi connectivity index (χ4n) is 2.46. The summed E-state index contributed by atoms with van der Waals surface area (Å²) in [6.07, 6.45) is 2.14.